The summed E-state index contributed by atoms with van der Waals surface area (Å²) >= 11 is 6.27. The Morgan fingerprint density at radius 2 is 1.55 bits per heavy atom. The van der Waals surface area contributed by atoms with Crippen LogP contribution in [0.5, 0.6) is 17.2 Å². The smallest absolute Gasteiger partial charge is 0.265 e. The molecule has 0 aliphatic heterocycles. The molecule has 0 bridgehead atoms. The van der Waals surface area contributed by atoms with Crippen molar-refractivity contribution in [1.82, 2.24) is 10.2 Å². The molecule has 3 aromatic carbocycles. The van der Waals surface area contributed by atoms with E-state index in [9.17, 15) is 22.4 Å². The van der Waals surface area contributed by atoms with Crippen LogP contribution in [0.3, 0.4) is 0 Å². The van der Waals surface area contributed by atoms with Crippen LogP contribution in [0.4, 0.5) is 10.1 Å². The van der Waals surface area contributed by atoms with Gasteiger partial charge in [-0.1, -0.05) is 43.6 Å². The standard InChI is InChI=1S/C31H37ClFN3O7S/c1-20(2)17-34-31(38)21(3)35(18-22-9-7-8-10-25(22)33)30(37)19-36(26-15-23(32)11-13-27(26)41-4)44(39,40)24-12-14-28(42-5)29(16-24)43-6/h7-16,20-21H,17-19H2,1-6H3,(H,34,38). The number of nitrogens with one attached hydrogen (secondary N) is 1. The molecule has 3 rings (SSSR count). The van der Waals surface area contributed by atoms with E-state index >= 15 is 0 Å². The molecule has 238 valence electrons. The number of sulfonamides is 1. The number of halogens is 2. The van der Waals surface area contributed by atoms with Crippen LogP contribution in [0.15, 0.2) is 65.6 Å². The maximum atomic E-state index is 14.7. The minimum Gasteiger partial charge on any atom is -0.495 e. The van der Waals surface area contributed by atoms with Crippen molar-refractivity contribution >= 4 is 39.1 Å². The maximum Gasteiger partial charge on any atom is 0.265 e. The van der Waals surface area contributed by atoms with Crippen LogP contribution in [0.25, 0.3) is 0 Å². The highest BCUT2D eigenvalue weighted by Crippen LogP contribution is 2.37. The first-order chi connectivity index (χ1) is 20.8. The van der Waals surface area contributed by atoms with Gasteiger partial charge in [0.2, 0.25) is 11.8 Å². The number of amides is 2. The van der Waals surface area contributed by atoms with E-state index in [1.165, 1.54) is 82.9 Å². The molecule has 13 heteroatoms. The molecule has 0 aromatic heterocycles. The van der Waals surface area contributed by atoms with Crippen LogP contribution in [0.1, 0.15) is 26.3 Å². The van der Waals surface area contributed by atoms with E-state index < -0.39 is 40.2 Å². The molecule has 44 heavy (non-hydrogen) atoms. The summed E-state index contributed by atoms with van der Waals surface area (Å²) < 4.78 is 60.1. The third-order valence-electron chi connectivity index (χ3n) is 6.78. The van der Waals surface area contributed by atoms with E-state index in [4.69, 9.17) is 25.8 Å². The van der Waals surface area contributed by atoms with Crippen LogP contribution < -0.4 is 23.8 Å². The molecule has 0 fully saturated rings. The van der Waals surface area contributed by atoms with Gasteiger partial charge in [0, 0.05) is 29.7 Å². The first kappa shape index (κ1) is 34.5. The van der Waals surface area contributed by atoms with Gasteiger partial charge in [-0.15, -0.1) is 0 Å². The molecular weight excluding hydrogens is 613 g/mol. The lowest BCUT2D eigenvalue weighted by atomic mass is 10.1. The van der Waals surface area contributed by atoms with Crippen LogP contribution >= 0.6 is 11.6 Å². The summed E-state index contributed by atoms with van der Waals surface area (Å²) in [5, 5.41) is 2.97. The minimum atomic E-state index is -4.50. The third kappa shape index (κ3) is 8.11. The SMILES string of the molecule is COc1ccc(S(=O)(=O)N(CC(=O)N(Cc2ccccc2F)C(C)C(=O)NCC(C)C)c2cc(Cl)ccc2OC)cc1OC. The van der Waals surface area contributed by atoms with Gasteiger partial charge in [-0.3, -0.25) is 13.9 Å². The Morgan fingerprint density at radius 3 is 2.16 bits per heavy atom. The number of benzene rings is 3. The fraction of sp³-hybridized carbons (Fsp3) is 0.355. The van der Waals surface area contributed by atoms with Crippen molar-refractivity contribution in [3.8, 4) is 17.2 Å². The Morgan fingerprint density at radius 1 is 0.909 bits per heavy atom. The van der Waals surface area contributed by atoms with Crippen molar-refractivity contribution in [2.24, 2.45) is 5.92 Å². The van der Waals surface area contributed by atoms with Gasteiger partial charge in [-0.25, -0.2) is 12.8 Å². The van der Waals surface area contributed by atoms with E-state index in [1.54, 1.807) is 6.07 Å². The molecule has 0 aliphatic carbocycles. The van der Waals surface area contributed by atoms with Crippen molar-refractivity contribution in [2.45, 2.75) is 38.3 Å². The molecule has 1 unspecified atom stereocenters. The summed E-state index contributed by atoms with van der Waals surface area (Å²) in [7, 11) is -0.376. The monoisotopic (exact) mass is 649 g/mol. The predicted octanol–water partition coefficient (Wildman–Crippen LogP) is 4.89. The van der Waals surface area contributed by atoms with Crippen molar-refractivity contribution in [3.05, 3.63) is 77.1 Å². The molecule has 3 aromatic rings. The van der Waals surface area contributed by atoms with Crippen LogP contribution in [0.2, 0.25) is 5.02 Å². The van der Waals surface area contributed by atoms with Gasteiger partial charge in [0.25, 0.3) is 10.0 Å². The van der Waals surface area contributed by atoms with E-state index in [1.807, 2.05) is 13.8 Å². The maximum absolute atomic E-state index is 14.7. The molecule has 10 nitrogen and oxygen atoms in total. The lowest BCUT2D eigenvalue weighted by Gasteiger charge is -2.32. The second-order valence-corrected chi connectivity index (χ2v) is 12.6. The van der Waals surface area contributed by atoms with Crippen LogP contribution in [-0.4, -0.2) is 65.6 Å². The molecule has 0 saturated carbocycles. The number of hydrogen-bond donors (Lipinski definition) is 1. The summed E-state index contributed by atoms with van der Waals surface area (Å²) in [6, 6.07) is 13.1. The summed E-state index contributed by atoms with van der Waals surface area (Å²) in [5.41, 5.74) is 0.130. The van der Waals surface area contributed by atoms with Gasteiger partial charge < -0.3 is 24.4 Å². The van der Waals surface area contributed by atoms with Crippen LogP contribution in [-0.2, 0) is 26.2 Å². The van der Waals surface area contributed by atoms with Gasteiger partial charge in [0.05, 0.1) is 31.9 Å². The first-order valence-corrected chi connectivity index (χ1v) is 15.5. The van der Waals surface area contributed by atoms with Crippen molar-refractivity contribution < 1.29 is 36.6 Å². The Labute approximate surface area is 262 Å². The number of ether oxygens (including phenoxy) is 3. The van der Waals surface area contributed by atoms with Crippen molar-refractivity contribution in [2.75, 3.05) is 38.7 Å². The third-order valence-corrected chi connectivity index (χ3v) is 8.77. The van der Waals surface area contributed by atoms with Gasteiger partial charge in [0.1, 0.15) is 24.2 Å². The molecule has 0 heterocycles. The Hall–Kier alpha value is -4.03. The highest BCUT2D eigenvalue weighted by molar-refractivity contribution is 7.92. The number of rotatable bonds is 14. The van der Waals surface area contributed by atoms with Crippen LogP contribution in [0, 0.1) is 11.7 Å². The number of methoxy groups -OCH3 is 3. The quantitative estimate of drug-likeness (QED) is 0.265. The lowest BCUT2D eigenvalue weighted by molar-refractivity contribution is -0.139. The number of anilines is 1. The van der Waals surface area contributed by atoms with Crippen molar-refractivity contribution in [1.29, 1.82) is 0 Å². The number of nitrogens with zero attached hydrogens (tertiary/aromatic N) is 2. The lowest BCUT2D eigenvalue weighted by Crippen LogP contribution is -2.51. The topological polar surface area (TPSA) is 114 Å². The molecular formula is C31H37ClFN3O7S. The Kier molecular flexibility index (Phi) is 11.8. The summed E-state index contributed by atoms with van der Waals surface area (Å²) in [6.07, 6.45) is 0. The highest BCUT2D eigenvalue weighted by atomic mass is 35.5. The molecule has 2 amide bonds. The van der Waals surface area contributed by atoms with Gasteiger partial charge >= 0.3 is 0 Å². The van der Waals surface area contributed by atoms with Gasteiger partial charge in [-0.2, -0.15) is 0 Å². The van der Waals surface area contributed by atoms with Crippen molar-refractivity contribution in [3.63, 3.8) is 0 Å². The minimum absolute atomic E-state index is 0.0223. The fourth-order valence-electron chi connectivity index (χ4n) is 4.32. The average molecular weight is 650 g/mol. The number of carbonyl (C=O) groups is 2. The summed E-state index contributed by atoms with van der Waals surface area (Å²) in [4.78, 5) is 28.2. The fourth-order valence-corrected chi connectivity index (χ4v) is 5.92. The summed E-state index contributed by atoms with van der Waals surface area (Å²) in [5.74, 6) is -1.12. The number of carbonyl (C=O) groups excluding carboxylic acids is 2. The van der Waals surface area contributed by atoms with E-state index in [0.29, 0.717) is 12.3 Å². The predicted molar refractivity (Wildman–Crippen MR) is 166 cm³/mol. The van der Waals surface area contributed by atoms with E-state index in [0.717, 1.165) is 9.21 Å². The first-order valence-electron chi connectivity index (χ1n) is 13.7. The molecule has 0 radical (unpaired) electrons. The average Bonchev–Trinajstić information content (AvgIpc) is 3.00. The van der Waals surface area contributed by atoms with E-state index in [2.05, 4.69) is 5.32 Å². The molecule has 0 spiro atoms. The molecule has 0 aliphatic rings. The second-order valence-electron chi connectivity index (χ2n) is 10.3. The normalized spacial score (nSPS) is 11.9. The van der Waals surface area contributed by atoms with E-state index in [-0.39, 0.29) is 45.1 Å². The van der Waals surface area contributed by atoms with Gasteiger partial charge in [-0.05, 0) is 49.2 Å². The van der Waals surface area contributed by atoms with Gasteiger partial charge in [0.15, 0.2) is 11.5 Å². The zero-order valence-electron chi connectivity index (χ0n) is 25.5. The summed E-state index contributed by atoms with van der Waals surface area (Å²) in [6.45, 7) is 4.62. The highest BCUT2D eigenvalue weighted by Gasteiger charge is 2.34. The largest absolute Gasteiger partial charge is 0.495 e. The molecule has 1 atom stereocenters. The zero-order chi connectivity index (χ0) is 32.6. The zero-order valence-corrected chi connectivity index (χ0v) is 27.0. The molecule has 0 saturated heterocycles. The Bertz CT molecular complexity index is 1590. The second kappa shape index (κ2) is 15.1. The molecule has 1 N–H and O–H groups in total. The number of hydrogen-bond acceptors (Lipinski definition) is 7. The Balaban J connectivity index is 2.14.